The first kappa shape index (κ1) is 28.1. The summed E-state index contributed by atoms with van der Waals surface area (Å²) in [7, 11) is -3.85. The molecule has 190 valence electrons. The molecule has 0 spiro atoms. The van der Waals surface area contributed by atoms with Crippen molar-refractivity contribution < 1.29 is 26.3 Å². The summed E-state index contributed by atoms with van der Waals surface area (Å²) >= 11 is 0. The monoisotopic (exact) mass is 492 g/mol. The minimum absolute atomic E-state index is 0.0981. The van der Waals surface area contributed by atoms with Gasteiger partial charge in [-0.25, -0.2) is 8.42 Å². The molecule has 0 amide bonds. The van der Waals surface area contributed by atoms with Crippen LogP contribution in [0.15, 0.2) is 29.2 Å². The van der Waals surface area contributed by atoms with E-state index in [9.17, 15) is 21.6 Å². The third-order valence-corrected chi connectivity index (χ3v) is 8.25. The molecule has 2 rings (SSSR count). The van der Waals surface area contributed by atoms with Gasteiger partial charge >= 0.3 is 6.18 Å². The molecule has 0 heterocycles. The maximum atomic E-state index is 13.1. The van der Waals surface area contributed by atoms with Gasteiger partial charge in [-0.05, 0) is 82.3 Å². The second-order valence-electron chi connectivity index (χ2n) is 8.70. The van der Waals surface area contributed by atoms with Crippen LogP contribution in [0.2, 0.25) is 0 Å². The van der Waals surface area contributed by atoms with Crippen molar-refractivity contribution >= 4 is 10.0 Å². The van der Waals surface area contributed by atoms with Crippen LogP contribution in [0, 0.1) is 0 Å². The summed E-state index contributed by atoms with van der Waals surface area (Å²) < 4.78 is 72.0. The van der Waals surface area contributed by atoms with Gasteiger partial charge in [0.05, 0.1) is 16.6 Å². The van der Waals surface area contributed by atoms with Crippen LogP contribution < -0.4 is 5.32 Å². The minimum Gasteiger partial charge on any atom is -0.378 e. The molecule has 33 heavy (non-hydrogen) atoms. The van der Waals surface area contributed by atoms with Gasteiger partial charge in [-0.3, -0.25) is 0 Å². The normalized spacial score (nSPS) is 19.8. The molecule has 0 atom stereocenters. The molecule has 0 unspecified atom stereocenters. The lowest BCUT2D eigenvalue weighted by molar-refractivity contribution is -0.137. The summed E-state index contributed by atoms with van der Waals surface area (Å²) in [4.78, 5) is -0.0981. The number of rotatable bonds is 14. The zero-order valence-corrected chi connectivity index (χ0v) is 20.7. The molecule has 9 heteroatoms. The van der Waals surface area contributed by atoms with Crippen LogP contribution >= 0.6 is 0 Å². The van der Waals surface area contributed by atoms with Gasteiger partial charge in [0.1, 0.15) is 0 Å². The average molecular weight is 493 g/mol. The third kappa shape index (κ3) is 8.85. The van der Waals surface area contributed by atoms with Gasteiger partial charge in [0.2, 0.25) is 10.0 Å². The highest BCUT2D eigenvalue weighted by molar-refractivity contribution is 7.89. The van der Waals surface area contributed by atoms with E-state index < -0.39 is 21.8 Å². The largest absolute Gasteiger partial charge is 0.416 e. The molecule has 1 saturated carbocycles. The molecule has 1 N–H and O–H groups in total. The quantitative estimate of drug-likeness (QED) is 0.343. The van der Waals surface area contributed by atoms with Crippen molar-refractivity contribution in [2.24, 2.45) is 0 Å². The van der Waals surface area contributed by atoms with Gasteiger partial charge in [0, 0.05) is 19.2 Å². The lowest BCUT2D eigenvalue weighted by Crippen LogP contribution is -2.43. The van der Waals surface area contributed by atoms with Gasteiger partial charge < -0.3 is 10.1 Å². The molecule has 0 bridgehead atoms. The first-order chi connectivity index (χ1) is 15.7. The lowest BCUT2D eigenvalue weighted by Gasteiger charge is -2.35. The Morgan fingerprint density at radius 3 is 2.12 bits per heavy atom. The number of hydrogen-bond acceptors (Lipinski definition) is 4. The highest BCUT2D eigenvalue weighted by atomic mass is 32.2. The van der Waals surface area contributed by atoms with Crippen LogP contribution in [0.5, 0.6) is 0 Å². The standard InChI is InChI=1S/C24H39F3N2O3S/c1-3-5-6-17-28-18-7-8-19-32-22-13-11-21(12-14-22)29(4-2)33(30,31)23-15-9-20(10-16-23)24(25,26)27/h9-10,15-16,21-22,28H,3-8,11-14,17-19H2,1-2H3/t21-,22-. The number of sulfonamides is 1. The number of ether oxygens (including phenoxy) is 1. The summed E-state index contributed by atoms with van der Waals surface area (Å²) in [5.41, 5.74) is -0.852. The summed E-state index contributed by atoms with van der Waals surface area (Å²) in [6, 6.07) is 3.59. The van der Waals surface area contributed by atoms with Gasteiger partial charge in [-0.2, -0.15) is 17.5 Å². The Morgan fingerprint density at radius 1 is 0.970 bits per heavy atom. The van der Waals surface area contributed by atoms with Crippen molar-refractivity contribution in [3.05, 3.63) is 29.8 Å². The fourth-order valence-corrected chi connectivity index (χ4v) is 6.00. The highest BCUT2D eigenvalue weighted by Crippen LogP contribution is 2.32. The predicted octanol–water partition coefficient (Wildman–Crippen LogP) is 5.60. The number of halogens is 3. The van der Waals surface area contributed by atoms with Gasteiger partial charge in [-0.1, -0.05) is 26.7 Å². The predicted molar refractivity (Wildman–Crippen MR) is 125 cm³/mol. The zero-order chi connectivity index (χ0) is 24.3. The molecular formula is C24H39F3N2O3S. The van der Waals surface area contributed by atoms with E-state index in [2.05, 4.69) is 12.2 Å². The Morgan fingerprint density at radius 2 is 1.58 bits per heavy atom. The molecule has 0 aromatic heterocycles. The van der Waals surface area contributed by atoms with Gasteiger partial charge in [0.25, 0.3) is 0 Å². The number of nitrogens with one attached hydrogen (secondary N) is 1. The van der Waals surface area contributed by atoms with E-state index >= 15 is 0 Å². The first-order valence-corrected chi connectivity index (χ1v) is 13.7. The fourth-order valence-electron chi connectivity index (χ4n) is 4.30. The Hall–Kier alpha value is -1.16. The molecule has 1 fully saturated rings. The number of nitrogens with zero attached hydrogens (tertiary/aromatic N) is 1. The van der Waals surface area contributed by atoms with E-state index in [1.165, 1.54) is 23.6 Å². The van der Waals surface area contributed by atoms with Crippen molar-refractivity contribution in [2.45, 2.75) is 94.9 Å². The Bertz CT molecular complexity index is 777. The smallest absolute Gasteiger partial charge is 0.378 e. The lowest BCUT2D eigenvalue weighted by atomic mass is 9.93. The highest BCUT2D eigenvalue weighted by Gasteiger charge is 2.35. The molecule has 0 radical (unpaired) electrons. The van der Waals surface area contributed by atoms with E-state index in [1.807, 2.05) is 0 Å². The van der Waals surface area contributed by atoms with Gasteiger partial charge in [0.15, 0.2) is 0 Å². The summed E-state index contributed by atoms with van der Waals surface area (Å²) in [6.07, 6.45) is 4.42. The maximum absolute atomic E-state index is 13.1. The fraction of sp³-hybridized carbons (Fsp3) is 0.750. The van der Waals surface area contributed by atoms with Crippen molar-refractivity contribution in [3.63, 3.8) is 0 Å². The summed E-state index contributed by atoms with van der Waals surface area (Å²) in [6.45, 7) is 7.04. The zero-order valence-electron chi connectivity index (χ0n) is 19.9. The second kappa shape index (κ2) is 13.7. The molecule has 5 nitrogen and oxygen atoms in total. The molecule has 1 aliphatic rings. The Kier molecular flexibility index (Phi) is 11.6. The first-order valence-electron chi connectivity index (χ1n) is 12.2. The maximum Gasteiger partial charge on any atom is 0.416 e. The van der Waals surface area contributed by atoms with E-state index in [-0.39, 0.29) is 23.6 Å². The van der Waals surface area contributed by atoms with Crippen molar-refractivity contribution in [1.82, 2.24) is 9.62 Å². The van der Waals surface area contributed by atoms with E-state index in [4.69, 9.17) is 4.74 Å². The second-order valence-corrected chi connectivity index (χ2v) is 10.6. The number of benzene rings is 1. The number of hydrogen-bond donors (Lipinski definition) is 1. The van der Waals surface area contributed by atoms with Crippen molar-refractivity contribution in [1.29, 1.82) is 0 Å². The molecule has 1 aromatic rings. The molecule has 1 aliphatic carbocycles. The van der Waals surface area contributed by atoms with Crippen molar-refractivity contribution in [3.8, 4) is 0 Å². The number of alkyl halides is 3. The van der Waals surface area contributed by atoms with Crippen LogP contribution in [0.3, 0.4) is 0 Å². The molecular weight excluding hydrogens is 453 g/mol. The van der Waals surface area contributed by atoms with E-state index in [1.54, 1.807) is 6.92 Å². The van der Waals surface area contributed by atoms with Crippen LogP contribution in [-0.2, 0) is 20.9 Å². The Labute approximate surface area is 197 Å². The molecule has 0 aliphatic heterocycles. The van der Waals surface area contributed by atoms with Crippen molar-refractivity contribution in [2.75, 3.05) is 26.2 Å². The SMILES string of the molecule is CCCCCNCCCCO[C@H]1CC[C@H](N(CC)S(=O)(=O)c2ccc(C(F)(F)F)cc2)CC1. The Balaban J connectivity index is 1.76. The van der Waals surface area contributed by atoms with Crippen LogP contribution in [0.1, 0.15) is 77.2 Å². The average Bonchev–Trinajstić information content (AvgIpc) is 2.79. The summed E-state index contributed by atoms with van der Waals surface area (Å²) in [5.74, 6) is 0. The van der Waals surface area contributed by atoms with Crippen LogP contribution in [0.25, 0.3) is 0 Å². The number of unbranched alkanes of at least 4 members (excludes halogenated alkanes) is 3. The van der Waals surface area contributed by atoms with Gasteiger partial charge in [-0.15, -0.1) is 0 Å². The molecule has 0 saturated heterocycles. The van der Waals surface area contributed by atoms with E-state index in [0.29, 0.717) is 19.4 Å². The van der Waals surface area contributed by atoms with Crippen LogP contribution in [-0.4, -0.2) is 51.1 Å². The summed E-state index contributed by atoms with van der Waals surface area (Å²) in [5, 5.41) is 3.45. The minimum atomic E-state index is -4.49. The molecule has 1 aromatic carbocycles. The van der Waals surface area contributed by atoms with Crippen LogP contribution in [0.4, 0.5) is 13.2 Å². The topological polar surface area (TPSA) is 58.6 Å². The third-order valence-electron chi connectivity index (χ3n) is 6.21. The van der Waals surface area contributed by atoms with E-state index in [0.717, 1.165) is 63.0 Å².